The number of carbonyl (C=O) groups is 1. The largest absolute Gasteiger partial charge is 0.480 e. The molecule has 1 aliphatic heterocycles. The highest BCUT2D eigenvalue weighted by atomic mass is 16.5. The van der Waals surface area contributed by atoms with Crippen molar-refractivity contribution in [2.24, 2.45) is 0 Å². The maximum atomic E-state index is 13.0. The van der Waals surface area contributed by atoms with Gasteiger partial charge in [0.05, 0.1) is 5.39 Å². The molecule has 1 amide bonds. The summed E-state index contributed by atoms with van der Waals surface area (Å²) in [7, 11) is 0. The van der Waals surface area contributed by atoms with Gasteiger partial charge < -0.3 is 19.0 Å². The Kier molecular flexibility index (Phi) is 5.37. The first kappa shape index (κ1) is 20.2. The quantitative estimate of drug-likeness (QED) is 0.665. The minimum absolute atomic E-state index is 0.0330. The number of H-pyrrole nitrogens is 1. The Morgan fingerprint density at radius 3 is 2.63 bits per heavy atom. The Bertz CT molecular complexity index is 1130. The number of benzene rings is 1. The van der Waals surface area contributed by atoms with Crippen LogP contribution in [0.1, 0.15) is 48.2 Å². The van der Waals surface area contributed by atoms with Gasteiger partial charge in [-0.3, -0.25) is 4.79 Å². The first-order valence-electron chi connectivity index (χ1n) is 10.3. The number of nitrogens with zero attached hydrogens (tertiary/aromatic N) is 2. The second-order valence-corrected chi connectivity index (χ2v) is 8.11. The summed E-state index contributed by atoms with van der Waals surface area (Å²) in [6, 6.07) is 3.71. The molecule has 3 aromatic rings. The summed E-state index contributed by atoms with van der Waals surface area (Å²) in [6.45, 7) is 8.66. The van der Waals surface area contributed by atoms with Crippen LogP contribution < -0.4 is 10.4 Å². The van der Waals surface area contributed by atoms with Crippen LogP contribution in [-0.2, 0) is 4.79 Å². The summed E-state index contributed by atoms with van der Waals surface area (Å²) in [5, 5.41) is 0.744. The van der Waals surface area contributed by atoms with Crippen LogP contribution in [0, 0.1) is 20.8 Å². The molecule has 3 heterocycles. The SMILES string of the molecule is Cc1cc(OC(C)C(=O)N2CCC(c3ncc[nH]3)CC2)c2c(C)c(C)c(=O)oc2c1. The summed E-state index contributed by atoms with van der Waals surface area (Å²) in [6.07, 6.45) is 4.72. The number of rotatable bonds is 4. The zero-order valence-electron chi connectivity index (χ0n) is 17.8. The number of hydrogen-bond donors (Lipinski definition) is 1. The molecule has 0 bridgehead atoms. The number of aryl methyl sites for hydroxylation is 2. The van der Waals surface area contributed by atoms with Crippen LogP contribution in [0.15, 0.2) is 33.7 Å². The lowest BCUT2D eigenvalue weighted by Crippen LogP contribution is -2.44. The first-order valence-corrected chi connectivity index (χ1v) is 10.3. The lowest BCUT2D eigenvalue weighted by atomic mass is 9.96. The van der Waals surface area contributed by atoms with E-state index in [4.69, 9.17) is 9.15 Å². The zero-order valence-corrected chi connectivity index (χ0v) is 17.8. The molecule has 4 rings (SSSR count). The predicted molar refractivity (Wildman–Crippen MR) is 114 cm³/mol. The van der Waals surface area contributed by atoms with Crippen LogP contribution in [-0.4, -0.2) is 40.0 Å². The molecule has 2 aromatic heterocycles. The fourth-order valence-corrected chi connectivity index (χ4v) is 4.15. The number of ether oxygens (including phenoxy) is 1. The van der Waals surface area contributed by atoms with Gasteiger partial charge in [0.25, 0.3) is 5.91 Å². The third-order valence-electron chi connectivity index (χ3n) is 6.02. The van der Waals surface area contributed by atoms with E-state index in [1.54, 1.807) is 20.0 Å². The Hall–Kier alpha value is -3.09. The fourth-order valence-electron chi connectivity index (χ4n) is 4.15. The van der Waals surface area contributed by atoms with Crippen molar-refractivity contribution >= 4 is 16.9 Å². The molecule has 0 spiro atoms. The van der Waals surface area contributed by atoms with Crippen LogP contribution >= 0.6 is 0 Å². The highest BCUT2D eigenvalue weighted by Gasteiger charge is 2.29. The van der Waals surface area contributed by atoms with Gasteiger partial charge in [0.2, 0.25) is 0 Å². The summed E-state index contributed by atoms with van der Waals surface area (Å²) in [5.41, 5.74) is 2.41. The number of imidazole rings is 1. The van der Waals surface area contributed by atoms with Crippen molar-refractivity contribution in [3.63, 3.8) is 0 Å². The van der Waals surface area contributed by atoms with E-state index in [1.807, 2.05) is 37.1 Å². The van der Waals surface area contributed by atoms with Gasteiger partial charge in [-0.25, -0.2) is 9.78 Å². The van der Waals surface area contributed by atoms with Crippen molar-refractivity contribution in [1.29, 1.82) is 0 Å². The molecule has 0 radical (unpaired) electrons. The van der Waals surface area contributed by atoms with E-state index in [1.165, 1.54) is 0 Å². The van der Waals surface area contributed by atoms with Crippen LogP contribution in [0.5, 0.6) is 5.75 Å². The van der Waals surface area contributed by atoms with E-state index in [0.717, 1.165) is 35.2 Å². The van der Waals surface area contributed by atoms with Gasteiger partial charge in [-0.05, 0) is 63.8 Å². The number of amides is 1. The maximum Gasteiger partial charge on any atom is 0.339 e. The monoisotopic (exact) mass is 409 g/mol. The Morgan fingerprint density at radius 1 is 1.23 bits per heavy atom. The van der Waals surface area contributed by atoms with E-state index in [-0.39, 0.29) is 11.5 Å². The molecule has 1 N–H and O–H groups in total. The molecule has 1 fully saturated rings. The number of hydrogen-bond acceptors (Lipinski definition) is 5. The van der Waals surface area contributed by atoms with Crippen LogP contribution in [0.25, 0.3) is 11.0 Å². The molecule has 0 aliphatic carbocycles. The topological polar surface area (TPSA) is 88.4 Å². The molecule has 7 heteroatoms. The second kappa shape index (κ2) is 7.97. The average Bonchev–Trinajstić information content (AvgIpc) is 3.26. The Labute approximate surface area is 175 Å². The van der Waals surface area contributed by atoms with Crippen LogP contribution in [0.4, 0.5) is 0 Å². The Balaban J connectivity index is 1.52. The van der Waals surface area contributed by atoms with Crippen molar-refractivity contribution in [1.82, 2.24) is 14.9 Å². The van der Waals surface area contributed by atoms with Gasteiger partial charge in [0, 0.05) is 37.0 Å². The molecular weight excluding hydrogens is 382 g/mol. The zero-order chi connectivity index (χ0) is 21.4. The predicted octanol–water partition coefficient (Wildman–Crippen LogP) is 3.61. The number of fused-ring (bicyclic) bond motifs is 1. The number of aromatic nitrogens is 2. The summed E-state index contributed by atoms with van der Waals surface area (Å²) >= 11 is 0. The van der Waals surface area contributed by atoms with Gasteiger partial charge in [0.1, 0.15) is 17.2 Å². The molecule has 1 atom stereocenters. The van der Waals surface area contributed by atoms with E-state index in [0.29, 0.717) is 35.9 Å². The van der Waals surface area contributed by atoms with Gasteiger partial charge in [-0.15, -0.1) is 0 Å². The molecule has 1 aromatic carbocycles. The molecule has 7 nitrogen and oxygen atoms in total. The average molecular weight is 409 g/mol. The molecular formula is C23H27N3O4. The lowest BCUT2D eigenvalue weighted by molar-refractivity contribution is -0.139. The minimum atomic E-state index is -0.637. The number of carbonyl (C=O) groups excluding carboxylic acids is 1. The number of nitrogens with one attached hydrogen (secondary N) is 1. The lowest BCUT2D eigenvalue weighted by Gasteiger charge is -2.33. The van der Waals surface area contributed by atoms with E-state index in [9.17, 15) is 9.59 Å². The van der Waals surface area contributed by atoms with E-state index < -0.39 is 6.10 Å². The first-order chi connectivity index (χ1) is 14.3. The molecule has 1 unspecified atom stereocenters. The third kappa shape index (κ3) is 3.72. The van der Waals surface area contributed by atoms with Crippen molar-refractivity contribution in [2.45, 2.75) is 52.6 Å². The van der Waals surface area contributed by atoms with Crippen LogP contribution in [0.2, 0.25) is 0 Å². The summed E-state index contributed by atoms with van der Waals surface area (Å²) in [4.78, 5) is 34.5. The van der Waals surface area contributed by atoms with Gasteiger partial charge in [-0.1, -0.05) is 0 Å². The number of aromatic amines is 1. The van der Waals surface area contributed by atoms with Gasteiger partial charge in [0.15, 0.2) is 6.10 Å². The minimum Gasteiger partial charge on any atom is -0.480 e. The Morgan fingerprint density at radius 2 is 1.97 bits per heavy atom. The standard InChI is InChI=1S/C23H27N3O4/c1-13-11-18(20-14(2)15(3)23(28)30-19(20)12-13)29-16(4)22(27)26-9-5-17(6-10-26)21-24-7-8-25-21/h7-8,11-12,16-17H,5-6,9-10H2,1-4H3,(H,24,25). The maximum absolute atomic E-state index is 13.0. The van der Waals surface area contributed by atoms with Crippen molar-refractivity contribution < 1.29 is 13.9 Å². The van der Waals surface area contributed by atoms with Gasteiger partial charge >= 0.3 is 5.63 Å². The normalized spacial score (nSPS) is 16.1. The molecule has 158 valence electrons. The highest BCUT2D eigenvalue weighted by molar-refractivity contribution is 5.89. The number of piperidine rings is 1. The fraction of sp³-hybridized carbons (Fsp3) is 0.435. The second-order valence-electron chi connectivity index (χ2n) is 8.11. The van der Waals surface area contributed by atoms with Crippen molar-refractivity contribution in [2.75, 3.05) is 13.1 Å². The molecule has 30 heavy (non-hydrogen) atoms. The molecule has 0 saturated carbocycles. The van der Waals surface area contributed by atoms with Crippen LogP contribution in [0.3, 0.4) is 0 Å². The van der Waals surface area contributed by atoms with E-state index >= 15 is 0 Å². The molecule has 1 aliphatic rings. The summed E-state index contributed by atoms with van der Waals surface area (Å²) < 4.78 is 11.6. The van der Waals surface area contributed by atoms with Crippen molar-refractivity contribution in [3.8, 4) is 5.75 Å². The van der Waals surface area contributed by atoms with Crippen molar-refractivity contribution in [3.05, 3.63) is 57.5 Å². The summed E-state index contributed by atoms with van der Waals surface area (Å²) in [5.74, 6) is 1.88. The number of likely N-dealkylation sites (tertiary alicyclic amines) is 1. The van der Waals surface area contributed by atoms with Gasteiger partial charge in [-0.2, -0.15) is 0 Å². The highest BCUT2D eigenvalue weighted by Crippen LogP contribution is 2.32. The third-order valence-corrected chi connectivity index (χ3v) is 6.02. The van der Waals surface area contributed by atoms with E-state index in [2.05, 4.69) is 9.97 Å². The molecule has 1 saturated heterocycles. The smallest absolute Gasteiger partial charge is 0.339 e.